The fraction of sp³-hybridized carbons (Fsp3) is 1.00. The topological polar surface area (TPSA) is 9.23 Å². The lowest BCUT2D eigenvalue weighted by Crippen LogP contribution is -2.42. The smallest absolute Gasteiger partial charge is 0.0704 e. The number of ether oxygens (including phenoxy) is 1. The summed E-state index contributed by atoms with van der Waals surface area (Å²) in [6.45, 7) is 1.03. The molecule has 1 aliphatic heterocycles. The molecule has 0 atom stereocenters. The minimum Gasteiger partial charge on any atom is -0.375 e. The molecule has 58 valence electrons. The van der Waals surface area contributed by atoms with E-state index in [1.807, 2.05) is 0 Å². The monoisotopic (exact) mass is 140 g/mol. The van der Waals surface area contributed by atoms with Crippen molar-refractivity contribution >= 4 is 0 Å². The molecule has 0 aromatic heterocycles. The quantitative estimate of drug-likeness (QED) is 0.502. The van der Waals surface area contributed by atoms with Gasteiger partial charge in [-0.15, -0.1) is 0 Å². The molecular weight excluding hydrogens is 124 g/mol. The van der Waals surface area contributed by atoms with Crippen LogP contribution < -0.4 is 0 Å². The maximum Gasteiger partial charge on any atom is 0.0704 e. The standard InChI is InChI=1S/C9H16O/c1-2-4-6-9(5-3-1)7-8-10-9/h1-8H2. The second-order valence-corrected chi connectivity index (χ2v) is 3.70. The van der Waals surface area contributed by atoms with Crippen molar-refractivity contribution in [1.29, 1.82) is 0 Å². The Morgan fingerprint density at radius 1 is 0.800 bits per heavy atom. The van der Waals surface area contributed by atoms with Gasteiger partial charge in [-0.05, 0) is 19.3 Å². The van der Waals surface area contributed by atoms with Crippen molar-refractivity contribution in [3.05, 3.63) is 0 Å². The number of hydrogen-bond acceptors (Lipinski definition) is 1. The first-order valence-corrected chi connectivity index (χ1v) is 4.55. The van der Waals surface area contributed by atoms with Gasteiger partial charge in [-0.2, -0.15) is 0 Å². The summed E-state index contributed by atoms with van der Waals surface area (Å²) in [6, 6.07) is 0. The third kappa shape index (κ3) is 1.07. The summed E-state index contributed by atoms with van der Waals surface area (Å²) in [5, 5.41) is 0. The van der Waals surface area contributed by atoms with Crippen LogP contribution >= 0.6 is 0 Å². The van der Waals surface area contributed by atoms with Crippen LogP contribution in [0.4, 0.5) is 0 Å². The lowest BCUT2D eigenvalue weighted by Gasteiger charge is -2.41. The predicted octanol–water partition coefficient (Wildman–Crippen LogP) is 2.50. The molecular formula is C9H16O. The molecule has 1 heterocycles. The molecule has 1 saturated carbocycles. The Morgan fingerprint density at radius 3 is 1.80 bits per heavy atom. The van der Waals surface area contributed by atoms with Gasteiger partial charge in [-0.25, -0.2) is 0 Å². The molecule has 0 aromatic carbocycles. The van der Waals surface area contributed by atoms with Crippen LogP contribution in [-0.4, -0.2) is 12.2 Å². The van der Waals surface area contributed by atoms with Gasteiger partial charge in [-0.1, -0.05) is 25.7 Å². The van der Waals surface area contributed by atoms with Gasteiger partial charge >= 0.3 is 0 Å². The van der Waals surface area contributed by atoms with E-state index >= 15 is 0 Å². The molecule has 0 unspecified atom stereocenters. The normalized spacial score (nSPS) is 31.2. The molecule has 0 amide bonds. The first-order valence-electron chi connectivity index (χ1n) is 4.55. The SMILES string of the molecule is C1CCCC2(CC1)CCO2. The fourth-order valence-electron chi connectivity index (χ4n) is 2.16. The second-order valence-electron chi connectivity index (χ2n) is 3.70. The van der Waals surface area contributed by atoms with Crippen LogP contribution in [0.1, 0.15) is 44.9 Å². The highest BCUT2D eigenvalue weighted by Gasteiger charge is 2.37. The highest BCUT2D eigenvalue weighted by atomic mass is 16.5. The first kappa shape index (κ1) is 6.66. The van der Waals surface area contributed by atoms with E-state index in [1.54, 1.807) is 0 Å². The minimum absolute atomic E-state index is 0.385. The van der Waals surface area contributed by atoms with Crippen molar-refractivity contribution in [2.24, 2.45) is 0 Å². The lowest BCUT2D eigenvalue weighted by atomic mass is 9.87. The molecule has 1 aliphatic carbocycles. The Bertz CT molecular complexity index is 106. The second kappa shape index (κ2) is 2.54. The molecule has 0 N–H and O–H groups in total. The highest BCUT2D eigenvalue weighted by molar-refractivity contribution is 4.88. The van der Waals surface area contributed by atoms with E-state index in [0.717, 1.165) is 6.61 Å². The van der Waals surface area contributed by atoms with E-state index < -0.39 is 0 Å². The molecule has 0 aromatic rings. The van der Waals surface area contributed by atoms with Crippen LogP contribution in [0.2, 0.25) is 0 Å². The summed E-state index contributed by atoms with van der Waals surface area (Å²) < 4.78 is 5.64. The van der Waals surface area contributed by atoms with E-state index in [4.69, 9.17) is 4.74 Å². The van der Waals surface area contributed by atoms with Crippen LogP contribution in [0, 0.1) is 0 Å². The van der Waals surface area contributed by atoms with E-state index in [1.165, 1.54) is 44.9 Å². The molecule has 0 bridgehead atoms. The summed E-state index contributed by atoms with van der Waals surface area (Å²) in [5.41, 5.74) is 0.385. The van der Waals surface area contributed by atoms with Gasteiger partial charge in [0.15, 0.2) is 0 Å². The maximum absolute atomic E-state index is 5.64. The van der Waals surface area contributed by atoms with Crippen LogP contribution in [-0.2, 0) is 4.74 Å². The molecule has 2 fully saturated rings. The molecule has 10 heavy (non-hydrogen) atoms. The molecule has 2 aliphatic rings. The Balaban J connectivity index is 1.92. The highest BCUT2D eigenvalue weighted by Crippen LogP contribution is 2.38. The Labute approximate surface area is 62.8 Å². The summed E-state index contributed by atoms with van der Waals surface area (Å²) >= 11 is 0. The van der Waals surface area contributed by atoms with Crippen LogP contribution in [0.15, 0.2) is 0 Å². The third-order valence-corrected chi connectivity index (χ3v) is 2.98. The van der Waals surface area contributed by atoms with Crippen molar-refractivity contribution < 1.29 is 4.74 Å². The third-order valence-electron chi connectivity index (χ3n) is 2.98. The molecule has 1 nitrogen and oxygen atoms in total. The van der Waals surface area contributed by atoms with Gasteiger partial charge in [0.05, 0.1) is 12.2 Å². The van der Waals surface area contributed by atoms with Crippen molar-refractivity contribution in [2.75, 3.05) is 6.61 Å². The molecule has 1 saturated heterocycles. The first-order chi connectivity index (χ1) is 4.91. The molecule has 0 radical (unpaired) electrons. The van der Waals surface area contributed by atoms with Gasteiger partial charge in [0.2, 0.25) is 0 Å². The zero-order valence-corrected chi connectivity index (χ0v) is 6.57. The summed E-state index contributed by atoms with van der Waals surface area (Å²) in [4.78, 5) is 0. The Kier molecular flexibility index (Phi) is 1.69. The van der Waals surface area contributed by atoms with Crippen LogP contribution in [0.3, 0.4) is 0 Å². The van der Waals surface area contributed by atoms with Gasteiger partial charge in [0.25, 0.3) is 0 Å². The average Bonchev–Trinajstić information content (AvgIpc) is 2.08. The maximum atomic E-state index is 5.64. The molecule has 1 spiro atoms. The zero-order chi connectivity index (χ0) is 6.86. The number of rotatable bonds is 0. The molecule has 2 rings (SSSR count). The fourth-order valence-corrected chi connectivity index (χ4v) is 2.16. The zero-order valence-electron chi connectivity index (χ0n) is 6.57. The van der Waals surface area contributed by atoms with Crippen molar-refractivity contribution in [3.63, 3.8) is 0 Å². The van der Waals surface area contributed by atoms with Crippen LogP contribution in [0.25, 0.3) is 0 Å². The minimum atomic E-state index is 0.385. The summed E-state index contributed by atoms with van der Waals surface area (Å²) in [6.07, 6.45) is 9.70. The Hall–Kier alpha value is -0.0400. The predicted molar refractivity (Wildman–Crippen MR) is 41.0 cm³/mol. The van der Waals surface area contributed by atoms with Crippen molar-refractivity contribution in [1.82, 2.24) is 0 Å². The van der Waals surface area contributed by atoms with Crippen molar-refractivity contribution in [2.45, 2.75) is 50.5 Å². The molecule has 1 heteroatoms. The van der Waals surface area contributed by atoms with E-state index in [0.29, 0.717) is 5.60 Å². The summed E-state index contributed by atoms with van der Waals surface area (Å²) in [5.74, 6) is 0. The van der Waals surface area contributed by atoms with E-state index in [-0.39, 0.29) is 0 Å². The van der Waals surface area contributed by atoms with Gasteiger partial charge in [0, 0.05) is 0 Å². The largest absolute Gasteiger partial charge is 0.375 e. The van der Waals surface area contributed by atoms with Gasteiger partial charge < -0.3 is 4.74 Å². The van der Waals surface area contributed by atoms with E-state index in [9.17, 15) is 0 Å². The summed E-state index contributed by atoms with van der Waals surface area (Å²) in [7, 11) is 0. The Morgan fingerprint density at radius 2 is 1.40 bits per heavy atom. The van der Waals surface area contributed by atoms with Crippen molar-refractivity contribution in [3.8, 4) is 0 Å². The van der Waals surface area contributed by atoms with Gasteiger partial charge in [-0.3, -0.25) is 0 Å². The number of hydrogen-bond donors (Lipinski definition) is 0. The lowest BCUT2D eigenvalue weighted by molar-refractivity contribution is -0.154. The van der Waals surface area contributed by atoms with Gasteiger partial charge in [0.1, 0.15) is 0 Å². The van der Waals surface area contributed by atoms with Crippen LogP contribution in [0.5, 0.6) is 0 Å². The average molecular weight is 140 g/mol. The van der Waals surface area contributed by atoms with E-state index in [2.05, 4.69) is 0 Å².